The Kier molecular flexibility index (Phi) is 1.50. The molecule has 0 bridgehead atoms. The quantitative estimate of drug-likeness (QED) is 0.426. The molecule has 0 aromatic rings. The fourth-order valence-electron chi connectivity index (χ4n) is 0.816. The standard InChI is InChI=1S/C6H14N2O/c1-6(2,3)4-7-5(9)8-4/h4-5,7-9H,1-3H3. The summed E-state index contributed by atoms with van der Waals surface area (Å²) in [6.45, 7) is 6.34. The van der Waals surface area contributed by atoms with E-state index in [4.69, 9.17) is 5.11 Å². The van der Waals surface area contributed by atoms with Crippen LogP contribution in [0.25, 0.3) is 0 Å². The predicted molar refractivity (Wildman–Crippen MR) is 35.5 cm³/mol. The highest BCUT2D eigenvalue weighted by atomic mass is 16.3. The molecule has 1 heterocycles. The van der Waals surface area contributed by atoms with Crippen LogP contribution in [0.3, 0.4) is 0 Å². The van der Waals surface area contributed by atoms with Crippen molar-refractivity contribution in [3.63, 3.8) is 0 Å². The Labute approximate surface area is 55.5 Å². The summed E-state index contributed by atoms with van der Waals surface area (Å²) >= 11 is 0. The minimum Gasteiger partial charge on any atom is -0.365 e. The van der Waals surface area contributed by atoms with E-state index in [1.165, 1.54) is 0 Å². The molecule has 0 aromatic carbocycles. The van der Waals surface area contributed by atoms with Gasteiger partial charge in [0.15, 0.2) is 6.35 Å². The molecule has 0 aromatic heterocycles. The Balaban J connectivity index is 2.32. The van der Waals surface area contributed by atoms with Gasteiger partial charge in [0.05, 0.1) is 6.17 Å². The summed E-state index contributed by atoms with van der Waals surface area (Å²) in [5.74, 6) is 0. The van der Waals surface area contributed by atoms with Gasteiger partial charge in [-0.1, -0.05) is 20.8 Å². The molecule has 0 spiro atoms. The third-order valence-electron chi connectivity index (χ3n) is 1.52. The van der Waals surface area contributed by atoms with Crippen molar-refractivity contribution in [2.75, 3.05) is 0 Å². The highest BCUT2D eigenvalue weighted by Gasteiger charge is 2.34. The lowest BCUT2D eigenvalue weighted by Gasteiger charge is -2.43. The van der Waals surface area contributed by atoms with Crippen LogP contribution in [0.15, 0.2) is 0 Å². The number of nitrogens with one attached hydrogen (secondary N) is 2. The smallest absolute Gasteiger partial charge is 0.162 e. The highest BCUT2D eigenvalue weighted by molar-refractivity contribution is 4.86. The molecule has 1 saturated heterocycles. The summed E-state index contributed by atoms with van der Waals surface area (Å²) in [6.07, 6.45) is -0.235. The summed E-state index contributed by atoms with van der Waals surface area (Å²) in [7, 11) is 0. The number of aliphatic hydroxyl groups excluding tert-OH is 1. The van der Waals surface area contributed by atoms with Crippen molar-refractivity contribution in [2.45, 2.75) is 33.3 Å². The zero-order valence-corrected chi connectivity index (χ0v) is 6.10. The normalized spacial score (nSPS) is 36.0. The first-order chi connectivity index (χ1) is 4.00. The first-order valence-corrected chi connectivity index (χ1v) is 3.20. The molecular weight excluding hydrogens is 116 g/mol. The third kappa shape index (κ3) is 1.41. The number of aliphatic hydroxyl groups is 1. The Morgan fingerprint density at radius 3 is 1.78 bits per heavy atom. The molecule has 0 saturated carbocycles. The van der Waals surface area contributed by atoms with E-state index in [0.717, 1.165) is 0 Å². The Morgan fingerprint density at radius 1 is 1.22 bits per heavy atom. The minimum atomic E-state index is -0.491. The molecule has 3 heteroatoms. The molecule has 54 valence electrons. The second-order valence-corrected chi connectivity index (χ2v) is 3.53. The third-order valence-corrected chi connectivity index (χ3v) is 1.52. The number of rotatable bonds is 0. The minimum absolute atomic E-state index is 0.194. The average molecular weight is 130 g/mol. The van der Waals surface area contributed by atoms with E-state index in [-0.39, 0.29) is 11.6 Å². The van der Waals surface area contributed by atoms with Crippen LogP contribution in [0, 0.1) is 5.41 Å². The fraction of sp³-hybridized carbons (Fsp3) is 1.00. The van der Waals surface area contributed by atoms with Crippen LogP contribution in [0.4, 0.5) is 0 Å². The lowest BCUT2D eigenvalue weighted by atomic mass is 9.90. The van der Waals surface area contributed by atoms with Crippen molar-refractivity contribution in [2.24, 2.45) is 5.41 Å². The van der Waals surface area contributed by atoms with Crippen LogP contribution in [-0.4, -0.2) is 17.6 Å². The summed E-state index contributed by atoms with van der Waals surface area (Å²) in [4.78, 5) is 0. The van der Waals surface area contributed by atoms with Gasteiger partial charge in [0.1, 0.15) is 0 Å². The maximum Gasteiger partial charge on any atom is 0.162 e. The monoisotopic (exact) mass is 130 g/mol. The van der Waals surface area contributed by atoms with Crippen LogP contribution in [0.1, 0.15) is 20.8 Å². The number of hydrogen-bond acceptors (Lipinski definition) is 3. The van der Waals surface area contributed by atoms with E-state index in [0.29, 0.717) is 0 Å². The van der Waals surface area contributed by atoms with Gasteiger partial charge in [-0.3, -0.25) is 10.6 Å². The van der Waals surface area contributed by atoms with E-state index in [1.54, 1.807) is 0 Å². The molecule has 1 fully saturated rings. The van der Waals surface area contributed by atoms with Crippen molar-refractivity contribution in [3.8, 4) is 0 Å². The van der Waals surface area contributed by atoms with Gasteiger partial charge in [-0.25, -0.2) is 0 Å². The molecule has 0 unspecified atom stereocenters. The fourth-order valence-corrected chi connectivity index (χ4v) is 0.816. The van der Waals surface area contributed by atoms with E-state index in [9.17, 15) is 0 Å². The Hall–Kier alpha value is -0.120. The van der Waals surface area contributed by atoms with Crippen molar-refractivity contribution in [1.82, 2.24) is 10.6 Å². The van der Waals surface area contributed by atoms with E-state index >= 15 is 0 Å². The summed E-state index contributed by atoms with van der Waals surface area (Å²) in [5, 5.41) is 14.6. The van der Waals surface area contributed by atoms with Crippen LogP contribution in [0.2, 0.25) is 0 Å². The molecule has 0 aliphatic carbocycles. The van der Waals surface area contributed by atoms with Gasteiger partial charge < -0.3 is 5.11 Å². The van der Waals surface area contributed by atoms with Crippen LogP contribution in [0.5, 0.6) is 0 Å². The van der Waals surface area contributed by atoms with Gasteiger partial charge in [-0.2, -0.15) is 0 Å². The van der Waals surface area contributed by atoms with E-state index in [1.807, 2.05) is 0 Å². The second-order valence-electron chi connectivity index (χ2n) is 3.53. The Bertz CT molecular complexity index is 102. The second kappa shape index (κ2) is 1.94. The number of hydrogen-bond donors (Lipinski definition) is 3. The molecule has 1 aliphatic heterocycles. The van der Waals surface area contributed by atoms with E-state index < -0.39 is 6.35 Å². The summed E-state index contributed by atoms with van der Waals surface area (Å²) in [6, 6.07) is 0. The lowest BCUT2D eigenvalue weighted by molar-refractivity contribution is -0.0463. The van der Waals surface area contributed by atoms with Gasteiger partial charge >= 0.3 is 0 Å². The molecule has 0 atom stereocenters. The highest BCUT2D eigenvalue weighted by Crippen LogP contribution is 2.20. The maximum absolute atomic E-state index is 8.76. The first-order valence-electron chi connectivity index (χ1n) is 3.20. The van der Waals surface area contributed by atoms with Crippen LogP contribution >= 0.6 is 0 Å². The molecule has 3 nitrogen and oxygen atoms in total. The van der Waals surface area contributed by atoms with Crippen molar-refractivity contribution in [3.05, 3.63) is 0 Å². The van der Waals surface area contributed by atoms with Crippen molar-refractivity contribution < 1.29 is 5.11 Å². The van der Waals surface area contributed by atoms with Gasteiger partial charge in [0, 0.05) is 0 Å². The van der Waals surface area contributed by atoms with Crippen molar-refractivity contribution in [1.29, 1.82) is 0 Å². The van der Waals surface area contributed by atoms with Gasteiger partial charge in [0.25, 0.3) is 0 Å². The van der Waals surface area contributed by atoms with Gasteiger partial charge in [-0.05, 0) is 5.41 Å². The lowest BCUT2D eigenvalue weighted by Crippen LogP contribution is -2.71. The van der Waals surface area contributed by atoms with Crippen LogP contribution in [-0.2, 0) is 0 Å². The summed E-state index contributed by atoms with van der Waals surface area (Å²) < 4.78 is 0. The SMILES string of the molecule is CC(C)(C)C1NC(O)N1. The molecule has 3 N–H and O–H groups in total. The summed E-state index contributed by atoms with van der Waals surface area (Å²) in [5.41, 5.74) is 0.194. The molecular formula is C6H14N2O. The molecule has 0 radical (unpaired) electrons. The zero-order chi connectivity index (χ0) is 7.07. The Morgan fingerprint density at radius 2 is 1.67 bits per heavy atom. The van der Waals surface area contributed by atoms with Gasteiger partial charge in [-0.15, -0.1) is 0 Å². The van der Waals surface area contributed by atoms with Gasteiger partial charge in [0.2, 0.25) is 0 Å². The van der Waals surface area contributed by atoms with Crippen LogP contribution < -0.4 is 10.6 Å². The van der Waals surface area contributed by atoms with Crippen molar-refractivity contribution >= 4 is 0 Å². The molecule has 9 heavy (non-hydrogen) atoms. The largest absolute Gasteiger partial charge is 0.365 e. The first kappa shape index (κ1) is 6.99. The van der Waals surface area contributed by atoms with E-state index in [2.05, 4.69) is 31.4 Å². The molecule has 1 aliphatic rings. The average Bonchev–Trinajstić information content (AvgIpc) is 1.55. The zero-order valence-electron chi connectivity index (χ0n) is 6.10. The maximum atomic E-state index is 8.76. The predicted octanol–water partition coefficient (Wildman–Crippen LogP) is -0.173. The molecule has 0 amide bonds. The topological polar surface area (TPSA) is 44.3 Å². The molecule has 1 rings (SSSR count).